The molecule has 3 aromatic carbocycles. The van der Waals surface area contributed by atoms with E-state index < -0.39 is 0 Å². The van der Waals surface area contributed by atoms with E-state index in [1.165, 1.54) is 44.8 Å². The van der Waals surface area contributed by atoms with E-state index in [9.17, 15) is 4.79 Å². The molecule has 0 atom stereocenters. The van der Waals surface area contributed by atoms with Gasteiger partial charge in [0.2, 0.25) is 0 Å². The molecule has 4 saturated carbocycles. The third kappa shape index (κ3) is 6.29. The van der Waals surface area contributed by atoms with Gasteiger partial charge >= 0.3 is 27.2 Å². The molecule has 0 saturated heterocycles. The molecule has 0 heterocycles. The van der Waals surface area contributed by atoms with Crippen molar-refractivity contribution in [1.29, 1.82) is 0 Å². The number of carbonyl (C=O) groups excluding carboxylic acids is 1. The van der Waals surface area contributed by atoms with Crippen LogP contribution in [0.15, 0.2) is 66.7 Å². The van der Waals surface area contributed by atoms with Crippen LogP contribution in [0.3, 0.4) is 0 Å². The summed E-state index contributed by atoms with van der Waals surface area (Å²) in [5.41, 5.74) is 1.15. The van der Waals surface area contributed by atoms with Crippen LogP contribution in [0.1, 0.15) is 65.4 Å². The number of methoxy groups -OCH3 is 1. The van der Waals surface area contributed by atoms with Crippen LogP contribution in [0.5, 0.6) is 23.0 Å². The van der Waals surface area contributed by atoms with Gasteiger partial charge in [-0.1, -0.05) is 32.9 Å². The molecule has 0 spiro atoms. The van der Waals surface area contributed by atoms with Crippen LogP contribution in [0, 0.1) is 30.8 Å². The standard InChI is InChI=1S/C36H42IO5/c1-35(2,3)25-6-8-28(9-7-25)37-29-10-15-32(39-5)33(21-29)41-31-13-11-30(12-14-31)40-22-34(38)42-36(4)26-17-23-16-24(19-26)20-27(36)18-23/h6-15,21,23-24,26-27H,16-20,22H2,1-5H3/q+1. The molecule has 0 aromatic heterocycles. The number of hydrogen-bond donors (Lipinski definition) is 0. The second-order valence-electron chi connectivity index (χ2n) is 13.5. The normalized spacial score (nSPS) is 26.1. The Bertz CT molecular complexity index is 1380. The molecule has 7 rings (SSSR count). The second kappa shape index (κ2) is 11.7. The number of halogens is 1. The quantitative estimate of drug-likeness (QED) is 0.234. The van der Waals surface area contributed by atoms with Crippen LogP contribution >= 0.6 is 0 Å². The van der Waals surface area contributed by atoms with Crippen LogP contribution in [0.4, 0.5) is 0 Å². The predicted octanol–water partition coefficient (Wildman–Crippen LogP) is 5.05. The molecule has 4 aliphatic rings. The summed E-state index contributed by atoms with van der Waals surface area (Å²) in [5.74, 6) is 5.06. The Morgan fingerprint density at radius 2 is 1.40 bits per heavy atom. The van der Waals surface area contributed by atoms with E-state index in [-0.39, 0.29) is 44.8 Å². The molecule has 222 valence electrons. The minimum atomic E-state index is -0.363. The Labute approximate surface area is 260 Å². The van der Waals surface area contributed by atoms with Crippen molar-refractivity contribution >= 4 is 5.97 Å². The Hall–Kier alpha value is -2.74. The number of hydrogen-bond acceptors (Lipinski definition) is 5. The first kappa shape index (κ1) is 29.3. The molecule has 3 aromatic rings. The highest BCUT2D eigenvalue weighted by Crippen LogP contribution is 2.59. The van der Waals surface area contributed by atoms with Crippen molar-refractivity contribution in [2.45, 2.75) is 70.8 Å². The lowest BCUT2D eigenvalue weighted by Crippen LogP contribution is -3.61. The first-order chi connectivity index (χ1) is 20.1. The van der Waals surface area contributed by atoms with Crippen molar-refractivity contribution in [3.05, 3.63) is 79.4 Å². The monoisotopic (exact) mass is 681 g/mol. The van der Waals surface area contributed by atoms with Gasteiger partial charge in [0.1, 0.15) is 17.1 Å². The second-order valence-corrected chi connectivity index (χ2v) is 16.5. The van der Waals surface area contributed by atoms with Gasteiger partial charge in [-0.05, 0) is 122 Å². The van der Waals surface area contributed by atoms with Gasteiger partial charge in [-0.2, -0.15) is 0 Å². The van der Waals surface area contributed by atoms with E-state index in [1.807, 2.05) is 30.3 Å². The fraction of sp³-hybridized carbons (Fsp3) is 0.472. The predicted molar refractivity (Wildman–Crippen MR) is 159 cm³/mol. The van der Waals surface area contributed by atoms with Gasteiger partial charge in [0.25, 0.3) is 0 Å². The summed E-state index contributed by atoms with van der Waals surface area (Å²) in [6.07, 6.45) is 6.21. The molecular formula is C36H42IO5+. The zero-order valence-corrected chi connectivity index (χ0v) is 27.5. The topological polar surface area (TPSA) is 54.0 Å². The van der Waals surface area contributed by atoms with E-state index in [0.717, 1.165) is 11.8 Å². The van der Waals surface area contributed by atoms with Crippen molar-refractivity contribution in [3.8, 4) is 23.0 Å². The smallest absolute Gasteiger partial charge is 0.358 e. The lowest BCUT2D eigenvalue weighted by molar-refractivity contribution is -0.597. The van der Waals surface area contributed by atoms with E-state index in [1.54, 1.807) is 7.11 Å². The van der Waals surface area contributed by atoms with Crippen molar-refractivity contribution in [2.75, 3.05) is 13.7 Å². The van der Waals surface area contributed by atoms with Gasteiger partial charge < -0.3 is 18.9 Å². The Kier molecular flexibility index (Phi) is 8.20. The molecule has 6 heteroatoms. The number of ether oxygens (including phenoxy) is 4. The molecule has 4 aliphatic carbocycles. The summed E-state index contributed by atoms with van der Waals surface area (Å²) >= 11 is -0.363. The molecule has 0 N–H and O–H groups in total. The highest BCUT2D eigenvalue weighted by molar-refractivity contribution is 5.71. The van der Waals surface area contributed by atoms with Gasteiger partial charge in [0, 0.05) is 6.07 Å². The van der Waals surface area contributed by atoms with Crippen LogP contribution < -0.4 is 35.4 Å². The number of rotatable bonds is 9. The maximum Gasteiger partial charge on any atom is 0.358 e. The largest absolute Gasteiger partial charge is 0.493 e. The van der Waals surface area contributed by atoms with Gasteiger partial charge in [-0.3, -0.25) is 0 Å². The average Bonchev–Trinajstić information content (AvgIpc) is 2.95. The van der Waals surface area contributed by atoms with Crippen LogP contribution in [-0.2, 0) is 14.9 Å². The fourth-order valence-corrected chi connectivity index (χ4v) is 9.60. The molecule has 0 amide bonds. The Morgan fingerprint density at radius 1 is 0.810 bits per heavy atom. The van der Waals surface area contributed by atoms with Crippen molar-refractivity contribution in [3.63, 3.8) is 0 Å². The van der Waals surface area contributed by atoms with Gasteiger partial charge in [-0.15, -0.1) is 0 Å². The minimum absolute atomic E-state index is 0.0850. The first-order valence-electron chi connectivity index (χ1n) is 15.1. The van der Waals surface area contributed by atoms with Crippen LogP contribution in [0.25, 0.3) is 0 Å². The van der Waals surface area contributed by atoms with Crippen LogP contribution in [-0.4, -0.2) is 25.3 Å². The molecule has 0 aliphatic heterocycles. The number of carbonyl (C=O) groups is 1. The highest BCUT2D eigenvalue weighted by atomic mass is 127. The average molecular weight is 682 g/mol. The number of esters is 1. The fourth-order valence-electron chi connectivity index (χ4n) is 7.36. The van der Waals surface area contributed by atoms with E-state index in [2.05, 4.69) is 64.1 Å². The van der Waals surface area contributed by atoms with E-state index >= 15 is 0 Å². The molecule has 4 fully saturated rings. The molecule has 0 unspecified atom stereocenters. The molecule has 42 heavy (non-hydrogen) atoms. The zero-order chi connectivity index (χ0) is 29.5. The third-order valence-corrected chi connectivity index (χ3v) is 12.2. The van der Waals surface area contributed by atoms with E-state index in [0.29, 0.717) is 34.8 Å². The molecule has 4 bridgehead atoms. The summed E-state index contributed by atoms with van der Waals surface area (Å²) in [5, 5.41) is 0. The third-order valence-electron chi connectivity index (χ3n) is 9.56. The summed E-state index contributed by atoms with van der Waals surface area (Å²) in [7, 11) is 1.65. The van der Waals surface area contributed by atoms with Crippen LogP contribution in [0.2, 0.25) is 0 Å². The molecule has 0 radical (unpaired) electrons. The Morgan fingerprint density at radius 3 is 2.00 bits per heavy atom. The van der Waals surface area contributed by atoms with Crippen molar-refractivity contribution in [2.24, 2.45) is 23.7 Å². The SMILES string of the molecule is COc1ccc([I+]c2ccc(C(C)(C)C)cc2)cc1Oc1ccc(OCC(=O)OC2(C)C3CC4CC(C3)CC2C4)cc1. The van der Waals surface area contributed by atoms with Crippen molar-refractivity contribution in [1.82, 2.24) is 0 Å². The summed E-state index contributed by atoms with van der Waals surface area (Å²) in [6.45, 7) is 8.79. The summed E-state index contributed by atoms with van der Waals surface area (Å²) in [4.78, 5) is 12.8. The summed E-state index contributed by atoms with van der Waals surface area (Å²) < 4.78 is 26.4. The number of benzene rings is 3. The van der Waals surface area contributed by atoms with Gasteiger partial charge in [0.15, 0.2) is 25.2 Å². The highest BCUT2D eigenvalue weighted by Gasteiger charge is 2.57. The maximum atomic E-state index is 12.8. The lowest BCUT2D eigenvalue weighted by atomic mass is 9.50. The van der Waals surface area contributed by atoms with Gasteiger partial charge in [-0.25, -0.2) is 4.79 Å². The zero-order valence-electron chi connectivity index (χ0n) is 25.3. The molecule has 5 nitrogen and oxygen atoms in total. The lowest BCUT2D eigenvalue weighted by Gasteiger charge is -2.59. The molecular weight excluding hydrogens is 639 g/mol. The first-order valence-corrected chi connectivity index (χ1v) is 17.3. The Balaban J connectivity index is 1.05. The maximum absolute atomic E-state index is 12.8. The minimum Gasteiger partial charge on any atom is -0.493 e. The summed E-state index contributed by atoms with van der Waals surface area (Å²) in [6, 6.07) is 22.5. The van der Waals surface area contributed by atoms with Crippen molar-refractivity contribution < 1.29 is 44.9 Å². The van der Waals surface area contributed by atoms with Gasteiger partial charge in [0.05, 0.1) is 7.11 Å². The van der Waals surface area contributed by atoms with E-state index in [4.69, 9.17) is 18.9 Å².